The van der Waals surface area contributed by atoms with Gasteiger partial charge in [-0.15, -0.1) is 0 Å². The predicted molar refractivity (Wildman–Crippen MR) is 118 cm³/mol. The third-order valence-corrected chi connectivity index (χ3v) is 5.25. The van der Waals surface area contributed by atoms with Crippen LogP contribution < -0.4 is 4.74 Å². The zero-order chi connectivity index (χ0) is 23.7. The molecule has 4 rings (SSSR count). The van der Waals surface area contributed by atoms with Crippen LogP contribution >= 0.6 is 0 Å². The van der Waals surface area contributed by atoms with Gasteiger partial charge in [0, 0.05) is 16.7 Å². The van der Waals surface area contributed by atoms with Crippen LogP contribution in [0.15, 0.2) is 54.6 Å². The molecule has 166 valence electrons. The molecule has 0 N–H and O–H groups in total. The first kappa shape index (κ1) is 21.9. The maximum atomic E-state index is 13.0. The first-order valence-corrected chi connectivity index (χ1v) is 10.2. The highest BCUT2D eigenvalue weighted by atomic mass is 16.6. The Hall–Kier alpha value is -4.33. The molecule has 0 heterocycles. The van der Waals surface area contributed by atoms with E-state index in [2.05, 4.69) is 0 Å². The van der Waals surface area contributed by atoms with Crippen LogP contribution in [0.25, 0.3) is 0 Å². The molecule has 3 aromatic carbocycles. The van der Waals surface area contributed by atoms with Gasteiger partial charge in [-0.1, -0.05) is 30.3 Å². The largest absolute Gasteiger partial charge is 0.490 e. The number of nitro benzene ring substituents is 1. The second-order valence-corrected chi connectivity index (χ2v) is 7.65. The number of hydrogen-bond donors (Lipinski definition) is 0. The minimum Gasteiger partial charge on any atom is -0.490 e. The number of aryl methyl sites for hydroxylation is 2. The highest BCUT2D eigenvalue weighted by molar-refractivity contribution is 6.30. The summed E-state index contributed by atoms with van der Waals surface area (Å²) in [5.74, 6) is -1.55. The fourth-order valence-corrected chi connectivity index (χ4v) is 3.91. The number of benzene rings is 3. The molecule has 0 aromatic heterocycles. The van der Waals surface area contributed by atoms with Gasteiger partial charge >= 0.3 is 5.97 Å². The van der Waals surface area contributed by atoms with Gasteiger partial charge in [-0.2, -0.15) is 0 Å². The molecule has 33 heavy (non-hydrogen) atoms. The van der Waals surface area contributed by atoms with Crippen molar-refractivity contribution >= 4 is 23.2 Å². The molecular weight excluding hydrogens is 426 g/mol. The standard InChI is InChI=1S/C25H19NO7/c1-14-11-15(2)13-16(12-14)32-9-10-33-25(29)20-8-7-19-21(22(20)26(30)31)24(28)18-6-4-3-5-17(18)23(19)27/h3-8,11-13H,9-10H2,1-2H3. The minimum absolute atomic E-state index is 0.0398. The molecule has 0 saturated carbocycles. The van der Waals surface area contributed by atoms with Crippen molar-refractivity contribution in [3.8, 4) is 5.75 Å². The van der Waals surface area contributed by atoms with Crippen LogP contribution in [-0.4, -0.2) is 35.7 Å². The van der Waals surface area contributed by atoms with E-state index in [0.29, 0.717) is 5.75 Å². The SMILES string of the molecule is Cc1cc(C)cc(OCCOC(=O)c2ccc3c(c2[N+](=O)[O-])C(=O)c2ccccc2C3=O)c1. The zero-order valence-electron chi connectivity index (χ0n) is 17.9. The van der Waals surface area contributed by atoms with Gasteiger partial charge in [-0.3, -0.25) is 19.7 Å². The molecule has 8 heteroatoms. The summed E-state index contributed by atoms with van der Waals surface area (Å²) >= 11 is 0. The number of fused-ring (bicyclic) bond motifs is 2. The highest BCUT2D eigenvalue weighted by Gasteiger charge is 2.38. The maximum absolute atomic E-state index is 13.0. The van der Waals surface area contributed by atoms with Gasteiger partial charge in [-0.05, 0) is 49.2 Å². The smallest absolute Gasteiger partial charge is 0.345 e. The van der Waals surface area contributed by atoms with Gasteiger partial charge in [-0.25, -0.2) is 4.79 Å². The molecular formula is C25H19NO7. The molecule has 0 atom stereocenters. The van der Waals surface area contributed by atoms with Crippen molar-refractivity contribution in [2.75, 3.05) is 13.2 Å². The summed E-state index contributed by atoms with van der Waals surface area (Å²) in [7, 11) is 0. The van der Waals surface area contributed by atoms with E-state index in [1.807, 2.05) is 32.0 Å². The number of nitrogens with zero attached hydrogens (tertiary/aromatic N) is 1. The Kier molecular flexibility index (Phi) is 5.74. The lowest BCUT2D eigenvalue weighted by Crippen LogP contribution is -2.24. The fraction of sp³-hybridized carbons (Fsp3) is 0.160. The molecule has 0 aliphatic heterocycles. The Morgan fingerprint density at radius 2 is 1.52 bits per heavy atom. The zero-order valence-corrected chi connectivity index (χ0v) is 17.9. The molecule has 0 bridgehead atoms. The van der Waals surface area contributed by atoms with E-state index in [0.717, 1.165) is 17.2 Å². The van der Waals surface area contributed by atoms with Crippen molar-refractivity contribution in [2.45, 2.75) is 13.8 Å². The van der Waals surface area contributed by atoms with Crippen LogP contribution in [0.1, 0.15) is 53.3 Å². The van der Waals surface area contributed by atoms with E-state index in [9.17, 15) is 24.5 Å². The number of ketones is 2. The van der Waals surface area contributed by atoms with Crippen molar-refractivity contribution < 1.29 is 28.8 Å². The number of carbonyl (C=O) groups excluding carboxylic acids is 3. The molecule has 8 nitrogen and oxygen atoms in total. The second-order valence-electron chi connectivity index (χ2n) is 7.65. The number of rotatable bonds is 6. The summed E-state index contributed by atoms with van der Waals surface area (Å²) in [5, 5.41) is 11.9. The van der Waals surface area contributed by atoms with E-state index in [1.54, 1.807) is 12.1 Å². The van der Waals surface area contributed by atoms with Gasteiger partial charge in [0.2, 0.25) is 5.78 Å². The van der Waals surface area contributed by atoms with Crippen molar-refractivity contribution in [3.05, 3.63) is 104 Å². The topological polar surface area (TPSA) is 113 Å². The van der Waals surface area contributed by atoms with Gasteiger partial charge in [0.1, 0.15) is 30.1 Å². The van der Waals surface area contributed by atoms with Gasteiger partial charge < -0.3 is 9.47 Å². The summed E-state index contributed by atoms with van der Waals surface area (Å²) < 4.78 is 10.7. The summed E-state index contributed by atoms with van der Waals surface area (Å²) in [5.41, 5.74) is 0.629. The van der Waals surface area contributed by atoms with Crippen LogP contribution in [0.2, 0.25) is 0 Å². The highest BCUT2D eigenvalue weighted by Crippen LogP contribution is 2.35. The average molecular weight is 445 g/mol. The number of carbonyl (C=O) groups is 3. The molecule has 0 unspecified atom stereocenters. The van der Waals surface area contributed by atoms with E-state index < -0.39 is 39.3 Å². The van der Waals surface area contributed by atoms with Gasteiger partial charge in [0.25, 0.3) is 5.69 Å². The first-order valence-electron chi connectivity index (χ1n) is 10.2. The Morgan fingerprint density at radius 1 is 0.879 bits per heavy atom. The lowest BCUT2D eigenvalue weighted by atomic mass is 9.82. The Balaban J connectivity index is 1.57. The van der Waals surface area contributed by atoms with Crippen LogP contribution in [-0.2, 0) is 4.74 Å². The summed E-state index contributed by atoms with van der Waals surface area (Å²) in [6.07, 6.45) is 0. The minimum atomic E-state index is -0.979. The lowest BCUT2D eigenvalue weighted by molar-refractivity contribution is -0.385. The van der Waals surface area contributed by atoms with Crippen molar-refractivity contribution in [2.24, 2.45) is 0 Å². The van der Waals surface area contributed by atoms with E-state index in [4.69, 9.17) is 9.47 Å². The van der Waals surface area contributed by atoms with Crippen molar-refractivity contribution in [3.63, 3.8) is 0 Å². The monoisotopic (exact) mass is 445 g/mol. The van der Waals surface area contributed by atoms with Crippen LogP contribution in [0, 0.1) is 24.0 Å². The van der Waals surface area contributed by atoms with Gasteiger partial charge in [0.05, 0.1) is 4.92 Å². The molecule has 0 radical (unpaired) electrons. The van der Waals surface area contributed by atoms with E-state index in [1.165, 1.54) is 18.2 Å². The Morgan fingerprint density at radius 3 is 2.15 bits per heavy atom. The average Bonchev–Trinajstić information content (AvgIpc) is 2.78. The molecule has 0 amide bonds. The normalized spacial score (nSPS) is 12.1. The first-order chi connectivity index (χ1) is 15.8. The predicted octanol–water partition coefficient (Wildman–Crippen LogP) is 4.22. The second kappa shape index (κ2) is 8.66. The molecule has 1 aliphatic carbocycles. The van der Waals surface area contributed by atoms with E-state index >= 15 is 0 Å². The third-order valence-electron chi connectivity index (χ3n) is 5.25. The molecule has 3 aromatic rings. The molecule has 0 saturated heterocycles. The van der Waals surface area contributed by atoms with Crippen molar-refractivity contribution in [1.29, 1.82) is 0 Å². The number of hydrogen-bond acceptors (Lipinski definition) is 7. The summed E-state index contributed by atoms with van der Waals surface area (Å²) in [6, 6.07) is 14.1. The number of nitro groups is 1. The maximum Gasteiger partial charge on any atom is 0.345 e. The lowest BCUT2D eigenvalue weighted by Gasteiger charge is -2.18. The van der Waals surface area contributed by atoms with Crippen molar-refractivity contribution in [1.82, 2.24) is 0 Å². The third kappa shape index (κ3) is 4.10. The molecule has 0 fully saturated rings. The number of ether oxygens (including phenoxy) is 2. The Bertz CT molecular complexity index is 1310. The Labute approximate surface area is 188 Å². The van der Waals surface area contributed by atoms with Gasteiger partial charge in [0.15, 0.2) is 5.78 Å². The fourth-order valence-electron chi connectivity index (χ4n) is 3.91. The van der Waals surface area contributed by atoms with E-state index in [-0.39, 0.29) is 29.9 Å². The summed E-state index contributed by atoms with van der Waals surface area (Å²) in [4.78, 5) is 49.4. The quantitative estimate of drug-likeness (QED) is 0.189. The van der Waals surface area contributed by atoms with Crippen LogP contribution in [0.3, 0.4) is 0 Å². The van der Waals surface area contributed by atoms with Crippen LogP contribution in [0.5, 0.6) is 5.75 Å². The molecule has 1 aliphatic rings. The molecule has 0 spiro atoms. The number of esters is 1. The summed E-state index contributed by atoms with van der Waals surface area (Å²) in [6.45, 7) is 3.74. The van der Waals surface area contributed by atoms with Crippen LogP contribution in [0.4, 0.5) is 5.69 Å².